The standard InChI is InChI=1S/C17H19BrClNO/c1-2-9-20-11-14-10-15(19)7-8-17(14)21-12-13-5-3-4-6-16(13)18/h3-8,10,20H,2,9,11-12H2,1H3. The fourth-order valence-electron chi connectivity index (χ4n) is 2.00. The number of hydrogen-bond acceptors (Lipinski definition) is 2. The molecule has 0 saturated heterocycles. The van der Waals surface area contributed by atoms with E-state index in [0.717, 1.165) is 45.9 Å². The number of benzene rings is 2. The predicted octanol–water partition coefficient (Wildman–Crippen LogP) is 5.18. The van der Waals surface area contributed by atoms with Crippen molar-refractivity contribution >= 4 is 27.5 Å². The molecule has 0 radical (unpaired) electrons. The van der Waals surface area contributed by atoms with E-state index in [0.29, 0.717) is 6.61 Å². The van der Waals surface area contributed by atoms with Crippen LogP contribution in [0.1, 0.15) is 24.5 Å². The highest BCUT2D eigenvalue weighted by atomic mass is 79.9. The molecule has 112 valence electrons. The van der Waals surface area contributed by atoms with Gasteiger partial charge in [-0.2, -0.15) is 0 Å². The molecular weight excluding hydrogens is 350 g/mol. The van der Waals surface area contributed by atoms with Gasteiger partial charge in [0.25, 0.3) is 0 Å². The van der Waals surface area contributed by atoms with Crippen LogP contribution in [0.2, 0.25) is 5.02 Å². The highest BCUT2D eigenvalue weighted by molar-refractivity contribution is 9.10. The zero-order valence-electron chi connectivity index (χ0n) is 12.0. The van der Waals surface area contributed by atoms with E-state index in [1.807, 2.05) is 36.4 Å². The van der Waals surface area contributed by atoms with E-state index < -0.39 is 0 Å². The molecule has 2 rings (SSSR count). The summed E-state index contributed by atoms with van der Waals surface area (Å²) in [5, 5.41) is 4.11. The molecule has 0 aliphatic heterocycles. The first kappa shape index (κ1) is 16.3. The molecule has 0 spiro atoms. The Morgan fingerprint density at radius 2 is 1.95 bits per heavy atom. The third-order valence-electron chi connectivity index (χ3n) is 3.11. The fraction of sp³-hybridized carbons (Fsp3) is 0.294. The molecular formula is C17H19BrClNO. The first-order chi connectivity index (χ1) is 10.2. The van der Waals surface area contributed by atoms with Gasteiger partial charge < -0.3 is 10.1 Å². The topological polar surface area (TPSA) is 21.3 Å². The zero-order chi connectivity index (χ0) is 15.1. The van der Waals surface area contributed by atoms with Gasteiger partial charge in [-0.05, 0) is 37.2 Å². The third kappa shape index (κ3) is 5.03. The summed E-state index contributed by atoms with van der Waals surface area (Å²) < 4.78 is 7.02. The molecule has 0 saturated carbocycles. The largest absolute Gasteiger partial charge is 0.489 e. The van der Waals surface area contributed by atoms with Crippen LogP contribution in [-0.2, 0) is 13.2 Å². The quantitative estimate of drug-likeness (QED) is 0.680. The van der Waals surface area contributed by atoms with Crippen molar-refractivity contribution in [3.05, 3.63) is 63.1 Å². The Morgan fingerprint density at radius 1 is 1.14 bits per heavy atom. The SMILES string of the molecule is CCCNCc1cc(Cl)ccc1OCc1ccccc1Br. The Labute approximate surface area is 139 Å². The minimum Gasteiger partial charge on any atom is -0.489 e. The van der Waals surface area contributed by atoms with Gasteiger partial charge in [-0.25, -0.2) is 0 Å². The predicted molar refractivity (Wildman–Crippen MR) is 91.9 cm³/mol. The van der Waals surface area contributed by atoms with Gasteiger partial charge in [0.05, 0.1) is 0 Å². The Hall–Kier alpha value is -1.03. The molecule has 21 heavy (non-hydrogen) atoms. The van der Waals surface area contributed by atoms with Crippen LogP contribution in [0.3, 0.4) is 0 Å². The Kier molecular flexibility index (Phi) is 6.55. The molecule has 0 bridgehead atoms. The molecule has 0 aromatic heterocycles. The van der Waals surface area contributed by atoms with Crippen LogP contribution < -0.4 is 10.1 Å². The third-order valence-corrected chi connectivity index (χ3v) is 4.11. The lowest BCUT2D eigenvalue weighted by Gasteiger charge is -2.13. The molecule has 0 heterocycles. The molecule has 0 atom stereocenters. The molecule has 0 aliphatic carbocycles. The average Bonchev–Trinajstić information content (AvgIpc) is 2.48. The van der Waals surface area contributed by atoms with Crippen molar-refractivity contribution in [1.82, 2.24) is 5.32 Å². The summed E-state index contributed by atoms with van der Waals surface area (Å²) in [5.41, 5.74) is 2.21. The monoisotopic (exact) mass is 367 g/mol. The Morgan fingerprint density at radius 3 is 2.71 bits per heavy atom. The Balaban J connectivity index is 2.06. The fourth-order valence-corrected chi connectivity index (χ4v) is 2.59. The second-order valence-corrected chi connectivity index (χ2v) is 6.10. The summed E-state index contributed by atoms with van der Waals surface area (Å²) in [6.45, 7) is 4.43. The van der Waals surface area contributed by atoms with Crippen LogP contribution in [-0.4, -0.2) is 6.54 Å². The lowest BCUT2D eigenvalue weighted by molar-refractivity contribution is 0.301. The van der Waals surface area contributed by atoms with Crippen LogP contribution in [0.15, 0.2) is 46.9 Å². The van der Waals surface area contributed by atoms with Crippen molar-refractivity contribution < 1.29 is 4.74 Å². The maximum Gasteiger partial charge on any atom is 0.124 e. The smallest absolute Gasteiger partial charge is 0.124 e. The molecule has 2 aromatic carbocycles. The summed E-state index contributed by atoms with van der Waals surface area (Å²) >= 11 is 9.62. The van der Waals surface area contributed by atoms with Crippen LogP contribution in [0.25, 0.3) is 0 Å². The van der Waals surface area contributed by atoms with Gasteiger partial charge in [0.1, 0.15) is 12.4 Å². The van der Waals surface area contributed by atoms with Crippen LogP contribution in [0.5, 0.6) is 5.75 Å². The maximum absolute atomic E-state index is 6.08. The summed E-state index contributed by atoms with van der Waals surface area (Å²) in [6, 6.07) is 13.8. The van der Waals surface area contributed by atoms with Gasteiger partial charge in [-0.15, -0.1) is 0 Å². The van der Waals surface area contributed by atoms with Crippen molar-refractivity contribution in [2.75, 3.05) is 6.54 Å². The Bertz CT molecular complexity index is 589. The molecule has 1 N–H and O–H groups in total. The van der Waals surface area contributed by atoms with Crippen LogP contribution in [0.4, 0.5) is 0 Å². The average molecular weight is 369 g/mol. The normalized spacial score (nSPS) is 10.6. The van der Waals surface area contributed by atoms with E-state index in [1.54, 1.807) is 0 Å². The van der Waals surface area contributed by atoms with Gasteiger partial charge in [-0.1, -0.05) is 52.7 Å². The van der Waals surface area contributed by atoms with E-state index >= 15 is 0 Å². The van der Waals surface area contributed by atoms with E-state index in [4.69, 9.17) is 16.3 Å². The molecule has 0 unspecified atom stereocenters. The van der Waals surface area contributed by atoms with E-state index in [-0.39, 0.29) is 0 Å². The molecule has 4 heteroatoms. The summed E-state index contributed by atoms with van der Waals surface area (Å²) in [7, 11) is 0. The van der Waals surface area contributed by atoms with Gasteiger partial charge in [0.2, 0.25) is 0 Å². The number of hydrogen-bond donors (Lipinski definition) is 1. The van der Waals surface area contributed by atoms with Gasteiger partial charge >= 0.3 is 0 Å². The van der Waals surface area contributed by atoms with Gasteiger partial charge in [0, 0.05) is 27.2 Å². The minimum atomic E-state index is 0.532. The highest BCUT2D eigenvalue weighted by Gasteiger charge is 2.06. The number of rotatable bonds is 7. The van der Waals surface area contributed by atoms with Crippen LogP contribution >= 0.6 is 27.5 Å². The molecule has 2 nitrogen and oxygen atoms in total. The van der Waals surface area contributed by atoms with E-state index in [1.165, 1.54) is 0 Å². The first-order valence-electron chi connectivity index (χ1n) is 7.06. The number of nitrogens with one attached hydrogen (secondary N) is 1. The van der Waals surface area contributed by atoms with E-state index in [2.05, 4.69) is 34.2 Å². The molecule has 0 fully saturated rings. The van der Waals surface area contributed by atoms with Crippen molar-refractivity contribution in [1.29, 1.82) is 0 Å². The number of ether oxygens (including phenoxy) is 1. The molecule has 0 aliphatic rings. The highest BCUT2D eigenvalue weighted by Crippen LogP contribution is 2.25. The molecule has 0 amide bonds. The van der Waals surface area contributed by atoms with E-state index in [9.17, 15) is 0 Å². The maximum atomic E-state index is 6.08. The lowest BCUT2D eigenvalue weighted by atomic mass is 10.2. The second kappa shape index (κ2) is 8.42. The minimum absolute atomic E-state index is 0.532. The van der Waals surface area contributed by atoms with Crippen molar-refractivity contribution in [3.8, 4) is 5.75 Å². The summed E-state index contributed by atoms with van der Waals surface area (Å²) in [4.78, 5) is 0. The van der Waals surface area contributed by atoms with Crippen molar-refractivity contribution in [3.63, 3.8) is 0 Å². The molecule has 2 aromatic rings. The lowest BCUT2D eigenvalue weighted by Crippen LogP contribution is -2.14. The van der Waals surface area contributed by atoms with Gasteiger partial charge in [-0.3, -0.25) is 0 Å². The summed E-state index contributed by atoms with van der Waals surface area (Å²) in [6.07, 6.45) is 1.10. The summed E-state index contributed by atoms with van der Waals surface area (Å²) in [5.74, 6) is 0.874. The zero-order valence-corrected chi connectivity index (χ0v) is 14.4. The second-order valence-electron chi connectivity index (χ2n) is 4.81. The van der Waals surface area contributed by atoms with Gasteiger partial charge in [0.15, 0.2) is 0 Å². The number of halogens is 2. The van der Waals surface area contributed by atoms with Crippen molar-refractivity contribution in [2.45, 2.75) is 26.5 Å². The first-order valence-corrected chi connectivity index (χ1v) is 8.23. The van der Waals surface area contributed by atoms with Crippen LogP contribution in [0, 0.1) is 0 Å². The van der Waals surface area contributed by atoms with Crippen molar-refractivity contribution in [2.24, 2.45) is 0 Å².